The molecule has 4 heteroatoms. The highest BCUT2D eigenvalue weighted by molar-refractivity contribution is 5.94. The van der Waals surface area contributed by atoms with Gasteiger partial charge >= 0.3 is 0 Å². The number of rotatable bonds is 5. The molecule has 1 amide bonds. The van der Waals surface area contributed by atoms with Crippen LogP contribution in [0.3, 0.4) is 0 Å². The third kappa shape index (κ3) is 3.68. The minimum absolute atomic E-state index is 0.103. The molecule has 3 rings (SSSR count). The SMILES string of the molecule is CCN(CC)c1ncccc1[C@H]1CCCCN1C(=O)c1ccccc1. The zero-order chi connectivity index (χ0) is 17.6. The molecule has 0 N–H and O–H groups in total. The second-order valence-corrected chi connectivity index (χ2v) is 6.46. The molecule has 2 heterocycles. The van der Waals surface area contributed by atoms with E-state index in [-0.39, 0.29) is 11.9 Å². The second-order valence-electron chi connectivity index (χ2n) is 6.46. The number of pyridine rings is 1. The van der Waals surface area contributed by atoms with Gasteiger partial charge in [0.05, 0.1) is 6.04 Å². The van der Waals surface area contributed by atoms with Crippen LogP contribution in [0.15, 0.2) is 48.7 Å². The third-order valence-corrected chi connectivity index (χ3v) is 5.02. The maximum absolute atomic E-state index is 13.1. The number of hydrogen-bond donors (Lipinski definition) is 0. The van der Waals surface area contributed by atoms with Crippen LogP contribution >= 0.6 is 0 Å². The molecule has 25 heavy (non-hydrogen) atoms. The Hall–Kier alpha value is -2.36. The third-order valence-electron chi connectivity index (χ3n) is 5.02. The zero-order valence-corrected chi connectivity index (χ0v) is 15.2. The molecular formula is C21H27N3O. The molecule has 1 aromatic carbocycles. The van der Waals surface area contributed by atoms with Crippen LogP contribution < -0.4 is 4.90 Å². The quantitative estimate of drug-likeness (QED) is 0.816. The number of carbonyl (C=O) groups excluding carboxylic acids is 1. The lowest BCUT2D eigenvalue weighted by Crippen LogP contribution is -2.39. The Balaban J connectivity index is 1.96. The summed E-state index contributed by atoms with van der Waals surface area (Å²) >= 11 is 0. The van der Waals surface area contributed by atoms with Gasteiger partial charge in [0.2, 0.25) is 0 Å². The topological polar surface area (TPSA) is 36.4 Å². The number of benzene rings is 1. The molecule has 1 aliphatic rings. The molecule has 132 valence electrons. The summed E-state index contributed by atoms with van der Waals surface area (Å²) in [6, 6.07) is 13.8. The molecule has 1 aliphatic heterocycles. The summed E-state index contributed by atoms with van der Waals surface area (Å²) in [7, 11) is 0. The second kappa shape index (κ2) is 8.15. The fraction of sp³-hybridized carbons (Fsp3) is 0.429. The molecule has 1 atom stereocenters. The smallest absolute Gasteiger partial charge is 0.254 e. The fourth-order valence-corrected chi connectivity index (χ4v) is 3.70. The van der Waals surface area contributed by atoms with Gasteiger partial charge in [0, 0.05) is 37.0 Å². The summed E-state index contributed by atoms with van der Waals surface area (Å²) < 4.78 is 0. The first-order valence-corrected chi connectivity index (χ1v) is 9.32. The van der Waals surface area contributed by atoms with Crippen LogP contribution in [0.5, 0.6) is 0 Å². The first-order chi connectivity index (χ1) is 12.3. The maximum Gasteiger partial charge on any atom is 0.254 e. The molecule has 0 aliphatic carbocycles. The Morgan fingerprint density at radius 2 is 1.88 bits per heavy atom. The van der Waals surface area contributed by atoms with E-state index in [4.69, 9.17) is 0 Å². The normalized spacial score (nSPS) is 17.4. The first kappa shape index (κ1) is 17.5. The van der Waals surface area contributed by atoms with E-state index in [1.54, 1.807) is 0 Å². The summed E-state index contributed by atoms with van der Waals surface area (Å²) in [6.45, 7) is 6.94. The van der Waals surface area contributed by atoms with E-state index in [9.17, 15) is 4.79 Å². The Bertz CT molecular complexity index is 697. The summed E-state index contributed by atoms with van der Waals surface area (Å²) in [5, 5.41) is 0. The highest BCUT2D eigenvalue weighted by Crippen LogP contribution is 2.36. The number of aromatic nitrogens is 1. The van der Waals surface area contributed by atoms with Crippen molar-refractivity contribution >= 4 is 11.7 Å². The maximum atomic E-state index is 13.1. The number of anilines is 1. The van der Waals surface area contributed by atoms with Gasteiger partial charge in [-0.1, -0.05) is 24.3 Å². The van der Waals surface area contributed by atoms with E-state index in [0.717, 1.165) is 50.3 Å². The molecule has 4 nitrogen and oxygen atoms in total. The summed E-state index contributed by atoms with van der Waals surface area (Å²) in [5.74, 6) is 1.14. The highest BCUT2D eigenvalue weighted by atomic mass is 16.2. The number of nitrogens with zero attached hydrogens (tertiary/aromatic N) is 3. The van der Waals surface area contributed by atoms with Gasteiger partial charge in [-0.25, -0.2) is 4.98 Å². The average molecular weight is 337 g/mol. The van der Waals surface area contributed by atoms with Crippen molar-refractivity contribution < 1.29 is 4.79 Å². The molecular weight excluding hydrogens is 310 g/mol. The zero-order valence-electron chi connectivity index (χ0n) is 15.2. The molecule has 0 spiro atoms. The highest BCUT2D eigenvalue weighted by Gasteiger charge is 2.31. The van der Waals surface area contributed by atoms with Gasteiger partial charge in [-0.3, -0.25) is 4.79 Å². The monoisotopic (exact) mass is 337 g/mol. The van der Waals surface area contributed by atoms with Gasteiger partial charge in [0.15, 0.2) is 0 Å². The number of carbonyl (C=O) groups is 1. The number of piperidine rings is 1. The van der Waals surface area contributed by atoms with Crippen molar-refractivity contribution in [2.24, 2.45) is 0 Å². The molecule has 1 aromatic heterocycles. The van der Waals surface area contributed by atoms with Gasteiger partial charge < -0.3 is 9.80 Å². The Morgan fingerprint density at radius 3 is 2.60 bits per heavy atom. The molecule has 0 unspecified atom stereocenters. The fourth-order valence-electron chi connectivity index (χ4n) is 3.70. The predicted octanol–water partition coefficient (Wildman–Crippen LogP) is 4.30. The van der Waals surface area contributed by atoms with Crippen LogP contribution in [0.1, 0.15) is 55.1 Å². The largest absolute Gasteiger partial charge is 0.357 e. The molecule has 0 saturated carbocycles. The summed E-state index contributed by atoms with van der Waals surface area (Å²) in [6.07, 6.45) is 5.06. The van der Waals surface area contributed by atoms with Crippen molar-refractivity contribution in [1.82, 2.24) is 9.88 Å². The van der Waals surface area contributed by atoms with Crippen LogP contribution in [0.4, 0.5) is 5.82 Å². The molecule has 2 aromatic rings. The van der Waals surface area contributed by atoms with E-state index in [0.29, 0.717) is 0 Å². The van der Waals surface area contributed by atoms with Gasteiger partial charge in [0.25, 0.3) is 5.91 Å². The minimum atomic E-state index is 0.103. The van der Waals surface area contributed by atoms with E-state index < -0.39 is 0 Å². The summed E-state index contributed by atoms with van der Waals surface area (Å²) in [5.41, 5.74) is 1.94. The van der Waals surface area contributed by atoms with E-state index in [2.05, 4.69) is 29.8 Å². The Kier molecular flexibility index (Phi) is 5.69. The predicted molar refractivity (Wildman–Crippen MR) is 102 cm³/mol. The Morgan fingerprint density at radius 1 is 1.12 bits per heavy atom. The van der Waals surface area contributed by atoms with Gasteiger partial charge in [-0.15, -0.1) is 0 Å². The number of amides is 1. The van der Waals surface area contributed by atoms with Crippen LogP contribution in [0.2, 0.25) is 0 Å². The minimum Gasteiger partial charge on any atom is -0.357 e. The van der Waals surface area contributed by atoms with Crippen molar-refractivity contribution in [2.75, 3.05) is 24.5 Å². The lowest BCUT2D eigenvalue weighted by atomic mass is 9.94. The van der Waals surface area contributed by atoms with Crippen LogP contribution in [0, 0.1) is 0 Å². The van der Waals surface area contributed by atoms with Crippen molar-refractivity contribution in [2.45, 2.75) is 39.2 Å². The van der Waals surface area contributed by atoms with Crippen molar-refractivity contribution in [3.63, 3.8) is 0 Å². The van der Waals surface area contributed by atoms with E-state index in [1.807, 2.05) is 47.5 Å². The van der Waals surface area contributed by atoms with E-state index in [1.165, 1.54) is 5.56 Å². The van der Waals surface area contributed by atoms with Crippen molar-refractivity contribution in [3.05, 3.63) is 59.8 Å². The lowest BCUT2D eigenvalue weighted by Gasteiger charge is -2.38. The van der Waals surface area contributed by atoms with Crippen LogP contribution in [-0.4, -0.2) is 35.4 Å². The van der Waals surface area contributed by atoms with Crippen LogP contribution in [-0.2, 0) is 0 Å². The van der Waals surface area contributed by atoms with Gasteiger partial charge in [-0.05, 0) is 51.3 Å². The molecule has 1 fully saturated rings. The first-order valence-electron chi connectivity index (χ1n) is 9.32. The standard InChI is InChI=1S/C21H27N3O/c1-3-23(4-2)20-18(13-10-15-22-20)19-14-8-9-16-24(19)21(25)17-11-6-5-7-12-17/h5-7,10-13,15,19H,3-4,8-9,14,16H2,1-2H3/t19-/m1/s1. The van der Waals surface area contributed by atoms with Gasteiger partial charge in [0.1, 0.15) is 5.82 Å². The van der Waals surface area contributed by atoms with E-state index >= 15 is 0 Å². The lowest BCUT2D eigenvalue weighted by molar-refractivity contribution is 0.0612. The van der Waals surface area contributed by atoms with Crippen LogP contribution in [0.25, 0.3) is 0 Å². The number of likely N-dealkylation sites (tertiary alicyclic amines) is 1. The molecule has 1 saturated heterocycles. The molecule has 0 bridgehead atoms. The van der Waals surface area contributed by atoms with Gasteiger partial charge in [-0.2, -0.15) is 0 Å². The van der Waals surface area contributed by atoms with Crippen molar-refractivity contribution in [3.8, 4) is 0 Å². The molecule has 0 radical (unpaired) electrons. The summed E-state index contributed by atoms with van der Waals surface area (Å²) in [4.78, 5) is 22.1. The average Bonchev–Trinajstić information content (AvgIpc) is 2.69. The van der Waals surface area contributed by atoms with Crippen molar-refractivity contribution in [1.29, 1.82) is 0 Å². The number of hydrogen-bond acceptors (Lipinski definition) is 3. The Labute approximate surface area is 150 Å².